The second kappa shape index (κ2) is 18.9. The predicted molar refractivity (Wildman–Crippen MR) is 178 cm³/mol. The Hall–Kier alpha value is -3.32. The summed E-state index contributed by atoms with van der Waals surface area (Å²) in [7, 11) is 0.750. The fourth-order valence-electron chi connectivity index (χ4n) is 4.07. The Morgan fingerprint density at radius 3 is 1.18 bits per heavy atom. The average Bonchev–Trinajstić information content (AvgIpc) is 3.54. The van der Waals surface area contributed by atoms with Gasteiger partial charge in [-0.15, -0.1) is 81.2 Å². The normalized spacial score (nSPS) is 10.2. The molecule has 0 nitrogen and oxygen atoms in total. The molecular weight excluding hydrogens is 576 g/mol. The molecule has 0 fully saturated rings. The molecule has 0 aliphatic rings. The molecule has 0 saturated heterocycles. The molecule has 2 heteroatoms. The van der Waals surface area contributed by atoms with Gasteiger partial charge in [-0.1, -0.05) is 124 Å². The zero-order valence-corrected chi connectivity index (χ0v) is 27.7. The van der Waals surface area contributed by atoms with Crippen molar-refractivity contribution < 1.29 is 26.2 Å². The standard InChI is InChI=1S/C16H14.2C10H9.C2H7Si.Zr/c1-3-9-15(10-4-1)13-7-8-14-16-11-5-2-6-12-16;2*1-8-6-9-4-2-3-5-10(9)7-8;1-3-2;/h1-14H;2*2-7H,1H3;3H,1-2H3;/q;2*-1;;+2. The summed E-state index contributed by atoms with van der Waals surface area (Å²) in [5.74, 6) is 0. The number of aryl methyl sites for hydroxylation is 2. The zero-order chi connectivity index (χ0) is 27.7. The molecule has 0 aliphatic heterocycles. The summed E-state index contributed by atoms with van der Waals surface area (Å²) in [4.78, 5) is 0. The van der Waals surface area contributed by atoms with Crippen molar-refractivity contribution in [1.82, 2.24) is 0 Å². The van der Waals surface area contributed by atoms with Crippen LogP contribution in [0.4, 0.5) is 0 Å². The molecule has 0 atom stereocenters. The molecule has 0 aromatic heterocycles. The largest absolute Gasteiger partial charge is 2.00 e. The summed E-state index contributed by atoms with van der Waals surface area (Å²) in [5.41, 5.74) is 5.14. The Labute approximate surface area is 262 Å². The third-order valence-corrected chi connectivity index (χ3v) is 5.81. The van der Waals surface area contributed by atoms with Crippen molar-refractivity contribution in [3.63, 3.8) is 0 Å². The van der Waals surface area contributed by atoms with Crippen molar-refractivity contribution in [2.75, 3.05) is 0 Å². The number of benzene rings is 4. The van der Waals surface area contributed by atoms with Crippen LogP contribution in [0.15, 0.2) is 146 Å². The van der Waals surface area contributed by atoms with Gasteiger partial charge in [-0.25, -0.2) is 0 Å². The SMILES string of the molecule is C(C=Cc1ccccc1)=Cc1ccccc1.C[SiH]C.Cc1cc2ccccc2[cH-]1.Cc1cc2ccccc2[cH-]1.[Zr+2]. The van der Waals surface area contributed by atoms with Crippen LogP contribution in [0, 0.1) is 13.8 Å². The maximum Gasteiger partial charge on any atom is 2.00 e. The third kappa shape index (κ3) is 11.8. The first-order chi connectivity index (χ1) is 19.1. The van der Waals surface area contributed by atoms with Crippen molar-refractivity contribution >= 4 is 43.2 Å². The molecule has 0 spiro atoms. The first kappa shape index (κ1) is 32.9. The third-order valence-electron chi connectivity index (χ3n) is 5.81. The quantitative estimate of drug-likeness (QED) is 0.106. The summed E-state index contributed by atoms with van der Waals surface area (Å²) in [6.45, 7) is 8.67. The van der Waals surface area contributed by atoms with E-state index in [0.717, 1.165) is 9.52 Å². The first-order valence-electron chi connectivity index (χ1n) is 13.5. The van der Waals surface area contributed by atoms with Gasteiger partial charge < -0.3 is 0 Å². The van der Waals surface area contributed by atoms with E-state index in [-0.39, 0.29) is 26.2 Å². The molecule has 0 amide bonds. The fraction of sp³-hybridized carbons (Fsp3) is 0.105. The van der Waals surface area contributed by atoms with Crippen LogP contribution < -0.4 is 0 Å². The molecule has 0 N–H and O–H groups in total. The molecule has 0 aliphatic carbocycles. The number of allylic oxidation sites excluding steroid dienone is 2. The zero-order valence-electron chi connectivity index (χ0n) is 24.1. The molecule has 199 valence electrons. The number of fused-ring (bicyclic) bond motifs is 2. The van der Waals surface area contributed by atoms with E-state index in [1.165, 1.54) is 43.8 Å². The topological polar surface area (TPSA) is 0 Å². The van der Waals surface area contributed by atoms with E-state index >= 15 is 0 Å². The van der Waals surface area contributed by atoms with Gasteiger partial charge in [0.05, 0.1) is 0 Å². The molecule has 6 rings (SSSR count). The Balaban J connectivity index is 0.000000204. The van der Waals surface area contributed by atoms with Crippen LogP contribution in [0.3, 0.4) is 0 Å². The fourth-order valence-corrected chi connectivity index (χ4v) is 4.07. The van der Waals surface area contributed by atoms with Crippen molar-refractivity contribution in [2.45, 2.75) is 26.9 Å². The van der Waals surface area contributed by atoms with Gasteiger partial charge in [0, 0.05) is 9.52 Å². The van der Waals surface area contributed by atoms with E-state index in [1.54, 1.807) is 0 Å². The molecule has 0 bridgehead atoms. The Morgan fingerprint density at radius 1 is 0.500 bits per heavy atom. The van der Waals surface area contributed by atoms with Crippen LogP contribution in [-0.2, 0) is 26.2 Å². The van der Waals surface area contributed by atoms with Crippen molar-refractivity contribution in [3.05, 3.63) is 168 Å². The summed E-state index contributed by atoms with van der Waals surface area (Å²) < 4.78 is 0. The second-order valence-corrected chi connectivity index (χ2v) is 10.6. The van der Waals surface area contributed by atoms with Crippen LogP contribution in [0.2, 0.25) is 13.1 Å². The minimum absolute atomic E-state index is 0. The molecule has 0 unspecified atom stereocenters. The Morgan fingerprint density at radius 2 is 0.825 bits per heavy atom. The van der Waals surface area contributed by atoms with Gasteiger partial charge in [0.1, 0.15) is 0 Å². The summed E-state index contributed by atoms with van der Waals surface area (Å²) in [6, 6.07) is 46.2. The molecule has 0 saturated carbocycles. The summed E-state index contributed by atoms with van der Waals surface area (Å²) >= 11 is 0. The summed E-state index contributed by atoms with van der Waals surface area (Å²) in [5, 5.41) is 5.39. The van der Waals surface area contributed by atoms with Crippen molar-refractivity contribution in [2.24, 2.45) is 0 Å². The second-order valence-electron chi connectivity index (χ2n) is 9.44. The predicted octanol–water partition coefficient (Wildman–Crippen LogP) is 10.7. The minimum Gasteiger partial charge on any atom is -0.165 e. The summed E-state index contributed by atoms with van der Waals surface area (Å²) in [6.07, 6.45) is 8.31. The number of hydrogen-bond acceptors (Lipinski definition) is 0. The van der Waals surface area contributed by atoms with Gasteiger partial charge >= 0.3 is 26.2 Å². The van der Waals surface area contributed by atoms with Gasteiger partial charge in [0.15, 0.2) is 0 Å². The van der Waals surface area contributed by atoms with Crippen LogP contribution in [0.1, 0.15) is 22.3 Å². The Bertz CT molecular complexity index is 1370. The molecule has 1 radical (unpaired) electrons. The van der Waals surface area contributed by atoms with Crippen molar-refractivity contribution in [1.29, 1.82) is 0 Å². The maximum absolute atomic E-state index is 2.21. The van der Waals surface area contributed by atoms with Crippen molar-refractivity contribution in [3.8, 4) is 0 Å². The molecule has 6 aromatic rings. The molecule has 0 heterocycles. The molecular formula is C38H39SiZr. The Kier molecular flexibility index (Phi) is 15.5. The van der Waals surface area contributed by atoms with E-state index in [9.17, 15) is 0 Å². The van der Waals surface area contributed by atoms with E-state index in [4.69, 9.17) is 0 Å². The van der Waals surface area contributed by atoms with Crippen LogP contribution in [0.25, 0.3) is 33.7 Å². The smallest absolute Gasteiger partial charge is 0.165 e. The van der Waals surface area contributed by atoms with E-state index in [1.807, 2.05) is 36.4 Å². The number of hydrogen-bond donors (Lipinski definition) is 0. The average molecular weight is 615 g/mol. The van der Waals surface area contributed by atoms with Crippen LogP contribution in [0.5, 0.6) is 0 Å². The van der Waals surface area contributed by atoms with Gasteiger partial charge in [-0.2, -0.15) is 12.1 Å². The van der Waals surface area contributed by atoms with E-state index in [0.29, 0.717) is 0 Å². The minimum atomic E-state index is 0. The first-order valence-corrected chi connectivity index (χ1v) is 15.8. The monoisotopic (exact) mass is 613 g/mol. The van der Waals surface area contributed by atoms with Gasteiger partial charge in [0.25, 0.3) is 0 Å². The van der Waals surface area contributed by atoms with Gasteiger partial charge in [0.2, 0.25) is 0 Å². The molecule has 6 aromatic carbocycles. The van der Waals surface area contributed by atoms with Crippen LogP contribution >= 0.6 is 0 Å². The van der Waals surface area contributed by atoms with E-state index < -0.39 is 0 Å². The maximum atomic E-state index is 2.21. The van der Waals surface area contributed by atoms with E-state index in [2.05, 4.69) is 148 Å². The van der Waals surface area contributed by atoms with Crippen LogP contribution in [-0.4, -0.2) is 9.52 Å². The van der Waals surface area contributed by atoms with Gasteiger partial charge in [-0.05, 0) is 11.1 Å². The molecule has 40 heavy (non-hydrogen) atoms. The number of rotatable bonds is 3. The van der Waals surface area contributed by atoms with Gasteiger partial charge in [-0.3, -0.25) is 0 Å².